The minimum Gasteiger partial charge on any atom is -0.493 e. The smallest absolute Gasteiger partial charge is 0.161 e. The number of nitrogens with two attached hydrogens (primary N) is 1. The number of hydrogen-bond acceptors (Lipinski definition) is 5. The largest absolute Gasteiger partial charge is 0.493 e. The Bertz CT molecular complexity index is 1010. The van der Waals surface area contributed by atoms with Crippen LogP contribution < -0.4 is 15.2 Å². The van der Waals surface area contributed by atoms with Crippen LogP contribution in [-0.2, 0) is 0 Å². The summed E-state index contributed by atoms with van der Waals surface area (Å²) in [6.07, 6.45) is 3.35. The molecule has 1 aromatic heterocycles. The third-order valence-electron chi connectivity index (χ3n) is 4.11. The number of nitriles is 1. The summed E-state index contributed by atoms with van der Waals surface area (Å²) < 4.78 is 11.1. The van der Waals surface area contributed by atoms with E-state index in [1.807, 2.05) is 48.5 Å². The summed E-state index contributed by atoms with van der Waals surface area (Å²) in [5.74, 6) is 1.36. The van der Waals surface area contributed by atoms with Gasteiger partial charge in [0.25, 0.3) is 0 Å². The molecule has 2 aromatic carbocycles. The van der Waals surface area contributed by atoms with Gasteiger partial charge in [0.05, 0.1) is 7.11 Å². The topological polar surface area (TPSA) is 81.2 Å². The number of pyridine rings is 1. The average Bonchev–Trinajstić information content (AvgIpc) is 2.72. The minimum atomic E-state index is 0.193. The number of ether oxygens (including phenoxy) is 2. The highest BCUT2D eigenvalue weighted by Crippen LogP contribution is 2.39. The standard InChI is InChI=1S/C22H19N3O2/c1-3-11-27-19-10-9-16(12-20(19)26-2)21-17(13-23)22(24)25-14-18(21)15-7-5-4-6-8-15/h3-10,12,14H,1,11H2,2H3,(H2,24,25). The molecule has 5 nitrogen and oxygen atoms in total. The summed E-state index contributed by atoms with van der Waals surface area (Å²) in [5.41, 5.74) is 9.59. The van der Waals surface area contributed by atoms with Crippen LogP contribution in [0.5, 0.6) is 11.5 Å². The zero-order chi connectivity index (χ0) is 19.2. The molecule has 27 heavy (non-hydrogen) atoms. The number of nitrogen functional groups attached to an aromatic ring is 1. The molecule has 0 radical (unpaired) electrons. The van der Waals surface area contributed by atoms with E-state index < -0.39 is 0 Å². The molecule has 0 saturated heterocycles. The molecule has 3 aromatic rings. The molecule has 0 bridgehead atoms. The Morgan fingerprint density at radius 3 is 2.59 bits per heavy atom. The molecule has 0 atom stereocenters. The number of anilines is 1. The zero-order valence-corrected chi connectivity index (χ0v) is 15.0. The Kier molecular flexibility index (Phi) is 5.38. The van der Waals surface area contributed by atoms with Crippen molar-refractivity contribution in [3.05, 3.63) is 72.9 Å². The first-order chi connectivity index (χ1) is 13.2. The molecule has 0 amide bonds. The molecule has 1 heterocycles. The third kappa shape index (κ3) is 3.60. The van der Waals surface area contributed by atoms with Crippen molar-refractivity contribution in [1.82, 2.24) is 4.98 Å². The summed E-state index contributed by atoms with van der Waals surface area (Å²) in [7, 11) is 1.57. The van der Waals surface area contributed by atoms with E-state index in [2.05, 4.69) is 17.6 Å². The molecule has 0 saturated carbocycles. The van der Waals surface area contributed by atoms with E-state index >= 15 is 0 Å². The Morgan fingerprint density at radius 1 is 1.15 bits per heavy atom. The van der Waals surface area contributed by atoms with E-state index in [-0.39, 0.29) is 5.82 Å². The average molecular weight is 357 g/mol. The van der Waals surface area contributed by atoms with Crippen LogP contribution in [0.3, 0.4) is 0 Å². The monoisotopic (exact) mass is 357 g/mol. The highest BCUT2D eigenvalue weighted by Gasteiger charge is 2.18. The highest BCUT2D eigenvalue weighted by molar-refractivity contribution is 5.90. The van der Waals surface area contributed by atoms with Gasteiger partial charge in [-0.05, 0) is 23.3 Å². The van der Waals surface area contributed by atoms with Gasteiger partial charge >= 0.3 is 0 Å². The van der Waals surface area contributed by atoms with Crippen molar-refractivity contribution in [1.29, 1.82) is 5.26 Å². The Hall–Kier alpha value is -3.78. The maximum atomic E-state index is 9.69. The van der Waals surface area contributed by atoms with Gasteiger partial charge < -0.3 is 15.2 Å². The first-order valence-electron chi connectivity index (χ1n) is 8.35. The van der Waals surface area contributed by atoms with Gasteiger partial charge in [-0.2, -0.15) is 5.26 Å². The van der Waals surface area contributed by atoms with E-state index in [0.717, 1.165) is 16.7 Å². The van der Waals surface area contributed by atoms with Crippen molar-refractivity contribution in [3.8, 4) is 39.8 Å². The predicted octanol–water partition coefficient (Wildman–Crippen LogP) is 4.44. The Morgan fingerprint density at radius 2 is 1.93 bits per heavy atom. The quantitative estimate of drug-likeness (QED) is 0.660. The van der Waals surface area contributed by atoms with E-state index in [1.165, 1.54) is 0 Å². The number of rotatable bonds is 6. The van der Waals surface area contributed by atoms with Gasteiger partial charge in [0.1, 0.15) is 24.1 Å². The molecule has 2 N–H and O–H groups in total. The van der Waals surface area contributed by atoms with Crippen LogP contribution in [0.4, 0.5) is 5.82 Å². The second-order valence-corrected chi connectivity index (χ2v) is 5.75. The maximum Gasteiger partial charge on any atom is 0.161 e. The summed E-state index contributed by atoms with van der Waals surface area (Å²) in [6, 6.07) is 17.5. The second-order valence-electron chi connectivity index (χ2n) is 5.75. The third-order valence-corrected chi connectivity index (χ3v) is 4.11. The first kappa shape index (κ1) is 18.0. The van der Waals surface area contributed by atoms with E-state index in [4.69, 9.17) is 15.2 Å². The SMILES string of the molecule is C=CCOc1ccc(-c2c(-c3ccccc3)cnc(N)c2C#N)cc1OC. The number of methoxy groups -OCH3 is 1. The number of hydrogen-bond donors (Lipinski definition) is 1. The van der Waals surface area contributed by atoms with Gasteiger partial charge in [0, 0.05) is 17.3 Å². The van der Waals surface area contributed by atoms with Gasteiger partial charge in [-0.1, -0.05) is 49.1 Å². The maximum absolute atomic E-state index is 9.69. The van der Waals surface area contributed by atoms with Crippen LogP contribution in [0.25, 0.3) is 22.3 Å². The van der Waals surface area contributed by atoms with Crippen molar-refractivity contribution in [2.75, 3.05) is 19.5 Å². The molecular formula is C22H19N3O2. The highest BCUT2D eigenvalue weighted by atomic mass is 16.5. The van der Waals surface area contributed by atoms with Crippen LogP contribution in [0.15, 0.2) is 67.4 Å². The lowest BCUT2D eigenvalue weighted by Crippen LogP contribution is -2.01. The predicted molar refractivity (Wildman–Crippen MR) is 106 cm³/mol. The number of aromatic nitrogens is 1. The van der Waals surface area contributed by atoms with Crippen molar-refractivity contribution in [3.63, 3.8) is 0 Å². The fourth-order valence-electron chi connectivity index (χ4n) is 2.87. The molecule has 134 valence electrons. The number of nitrogens with zero attached hydrogens (tertiary/aromatic N) is 2. The lowest BCUT2D eigenvalue weighted by atomic mass is 9.92. The molecule has 3 rings (SSSR count). The molecule has 5 heteroatoms. The van der Waals surface area contributed by atoms with Gasteiger partial charge in [-0.15, -0.1) is 0 Å². The lowest BCUT2D eigenvalue weighted by molar-refractivity contribution is 0.326. The molecule has 0 aliphatic rings. The van der Waals surface area contributed by atoms with E-state index in [9.17, 15) is 5.26 Å². The number of benzene rings is 2. The summed E-state index contributed by atoms with van der Waals surface area (Å²) in [5, 5.41) is 9.69. The van der Waals surface area contributed by atoms with Crippen LogP contribution in [0, 0.1) is 11.3 Å². The molecule has 0 aliphatic heterocycles. The van der Waals surface area contributed by atoms with Crippen molar-refractivity contribution in [2.45, 2.75) is 0 Å². The van der Waals surface area contributed by atoms with Gasteiger partial charge in [-0.3, -0.25) is 0 Å². The first-order valence-corrected chi connectivity index (χ1v) is 8.35. The zero-order valence-electron chi connectivity index (χ0n) is 15.0. The lowest BCUT2D eigenvalue weighted by Gasteiger charge is -2.15. The van der Waals surface area contributed by atoms with Crippen molar-refractivity contribution >= 4 is 5.82 Å². The van der Waals surface area contributed by atoms with Crippen molar-refractivity contribution in [2.24, 2.45) is 0 Å². The van der Waals surface area contributed by atoms with Crippen molar-refractivity contribution < 1.29 is 9.47 Å². The summed E-state index contributed by atoms with van der Waals surface area (Å²) in [4.78, 5) is 4.20. The Labute approximate surface area is 158 Å². The fraction of sp³-hybridized carbons (Fsp3) is 0.0909. The van der Waals surface area contributed by atoms with Gasteiger partial charge in [0.2, 0.25) is 0 Å². The minimum absolute atomic E-state index is 0.193. The molecular weight excluding hydrogens is 338 g/mol. The molecule has 0 spiro atoms. The van der Waals surface area contributed by atoms with Crippen LogP contribution in [0.1, 0.15) is 5.56 Å². The van der Waals surface area contributed by atoms with Gasteiger partial charge in [-0.25, -0.2) is 4.98 Å². The van der Waals surface area contributed by atoms with Crippen LogP contribution in [0.2, 0.25) is 0 Å². The molecule has 0 unspecified atom stereocenters. The second kappa shape index (κ2) is 8.07. The fourth-order valence-corrected chi connectivity index (χ4v) is 2.87. The molecule has 0 fully saturated rings. The van der Waals surface area contributed by atoms with E-state index in [1.54, 1.807) is 19.4 Å². The van der Waals surface area contributed by atoms with Crippen LogP contribution in [-0.4, -0.2) is 18.7 Å². The normalized spacial score (nSPS) is 10.1. The summed E-state index contributed by atoms with van der Waals surface area (Å²) >= 11 is 0. The summed E-state index contributed by atoms with van der Waals surface area (Å²) in [6.45, 7) is 4.02. The van der Waals surface area contributed by atoms with E-state index in [0.29, 0.717) is 29.2 Å². The molecule has 0 aliphatic carbocycles. The van der Waals surface area contributed by atoms with Gasteiger partial charge in [0.15, 0.2) is 11.5 Å². The van der Waals surface area contributed by atoms with Crippen LogP contribution >= 0.6 is 0 Å². The Balaban J connectivity index is 2.23.